The average molecular weight is 352 g/mol. The molecule has 2 aromatic heterocycles. The lowest BCUT2D eigenvalue weighted by Crippen LogP contribution is -2.51. The van der Waals surface area contributed by atoms with E-state index in [1.807, 2.05) is 0 Å². The zero-order valence-electron chi connectivity index (χ0n) is 13.3. The Labute approximate surface area is 141 Å². The summed E-state index contributed by atoms with van der Waals surface area (Å²) in [5.74, 6) is 0.279. The van der Waals surface area contributed by atoms with E-state index in [2.05, 4.69) is 9.97 Å². The molecule has 1 aliphatic heterocycles. The van der Waals surface area contributed by atoms with Crippen molar-refractivity contribution in [2.75, 3.05) is 36.5 Å². The summed E-state index contributed by atoms with van der Waals surface area (Å²) in [6.07, 6.45) is -2.99. The fourth-order valence-corrected chi connectivity index (χ4v) is 2.58. The Morgan fingerprint density at radius 1 is 1.20 bits per heavy atom. The van der Waals surface area contributed by atoms with Crippen molar-refractivity contribution in [3.63, 3.8) is 0 Å². The highest BCUT2D eigenvalue weighted by molar-refractivity contribution is 5.97. The van der Waals surface area contributed by atoms with Gasteiger partial charge in [-0.3, -0.25) is 4.79 Å². The smallest absolute Gasteiger partial charge is 0.433 e. The van der Waals surface area contributed by atoms with Crippen molar-refractivity contribution in [2.24, 2.45) is 0 Å². The second-order valence-electron chi connectivity index (χ2n) is 5.40. The number of methoxy groups -OCH3 is 1. The van der Waals surface area contributed by atoms with Gasteiger partial charge in [-0.1, -0.05) is 6.07 Å². The van der Waals surface area contributed by atoms with Crippen LogP contribution in [0, 0.1) is 0 Å². The highest BCUT2D eigenvalue weighted by Crippen LogP contribution is 2.29. The number of aromatic nitrogens is 2. The maximum Gasteiger partial charge on any atom is 0.433 e. The highest BCUT2D eigenvalue weighted by Gasteiger charge is 2.33. The maximum absolute atomic E-state index is 12.8. The molecule has 0 saturated carbocycles. The number of halogens is 3. The average Bonchev–Trinajstić information content (AvgIpc) is 2.61. The van der Waals surface area contributed by atoms with Gasteiger partial charge in [-0.2, -0.15) is 13.2 Å². The Morgan fingerprint density at radius 3 is 2.68 bits per heavy atom. The van der Waals surface area contributed by atoms with E-state index in [-0.39, 0.29) is 18.3 Å². The topological polar surface area (TPSA) is 58.6 Å². The SMILES string of the molecule is COc1cc(N2CCN(c3cccc(C(F)(F)F)n3)CC2=O)ccn1. The molecule has 3 heterocycles. The number of hydrogen-bond acceptors (Lipinski definition) is 5. The Hall–Kier alpha value is -2.84. The van der Waals surface area contributed by atoms with Gasteiger partial charge in [0.25, 0.3) is 0 Å². The van der Waals surface area contributed by atoms with Crippen LogP contribution in [0.4, 0.5) is 24.7 Å². The Kier molecular flexibility index (Phi) is 4.47. The van der Waals surface area contributed by atoms with E-state index in [0.29, 0.717) is 24.7 Å². The molecule has 0 radical (unpaired) electrons. The molecule has 0 atom stereocenters. The van der Waals surface area contributed by atoms with Gasteiger partial charge in [0.15, 0.2) is 0 Å². The van der Waals surface area contributed by atoms with Crippen LogP contribution in [-0.2, 0) is 11.0 Å². The molecule has 1 amide bonds. The van der Waals surface area contributed by atoms with Crippen molar-refractivity contribution in [3.05, 3.63) is 42.2 Å². The van der Waals surface area contributed by atoms with E-state index in [1.54, 1.807) is 17.0 Å². The molecule has 0 aromatic carbocycles. The van der Waals surface area contributed by atoms with Crippen LogP contribution < -0.4 is 14.5 Å². The first-order valence-electron chi connectivity index (χ1n) is 7.48. The molecule has 9 heteroatoms. The highest BCUT2D eigenvalue weighted by atomic mass is 19.4. The van der Waals surface area contributed by atoms with Crippen LogP contribution in [0.3, 0.4) is 0 Å². The van der Waals surface area contributed by atoms with Gasteiger partial charge in [0.1, 0.15) is 11.5 Å². The predicted molar refractivity (Wildman–Crippen MR) is 84.6 cm³/mol. The minimum absolute atomic E-state index is 0.0566. The molecule has 25 heavy (non-hydrogen) atoms. The van der Waals surface area contributed by atoms with Crippen LogP contribution >= 0.6 is 0 Å². The third-order valence-electron chi connectivity index (χ3n) is 3.81. The molecule has 132 valence electrons. The number of piperazine rings is 1. The van der Waals surface area contributed by atoms with Crippen LogP contribution in [0.1, 0.15) is 5.69 Å². The third kappa shape index (κ3) is 3.65. The molecule has 3 rings (SSSR count). The van der Waals surface area contributed by atoms with Gasteiger partial charge in [0.2, 0.25) is 11.8 Å². The molecule has 0 bridgehead atoms. The van der Waals surface area contributed by atoms with Crippen LogP contribution in [0.15, 0.2) is 36.5 Å². The maximum atomic E-state index is 12.8. The summed E-state index contributed by atoms with van der Waals surface area (Å²) in [5.41, 5.74) is -0.341. The standard InChI is InChI=1S/C16H15F3N4O2/c1-25-14-9-11(5-6-20-14)23-8-7-22(10-15(23)24)13-4-2-3-12(21-13)16(17,18)19/h2-6,9H,7-8,10H2,1H3. The largest absolute Gasteiger partial charge is 0.481 e. The molecule has 1 saturated heterocycles. The van der Waals surface area contributed by atoms with E-state index in [0.717, 1.165) is 6.07 Å². The van der Waals surface area contributed by atoms with Gasteiger partial charge in [-0.15, -0.1) is 0 Å². The summed E-state index contributed by atoms with van der Waals surface area (Å²) >= 11 is 0. The summed E-state index contributed by atoms with van der Waals surface area (Å²) in [6, 6.07) is 6.98. The Morgan fingerprint density at radius 2 is 2.00 bits per heavy atom. The third-order valence-corrected chi connectivity index (χ3v) is 3.81. The summed E-state index contributed by atoms with van der Waals surface area (Å²) in [7, 11) is 1.48. The zero-order chi connectivity index (χ0) is 18.0. The summed E-state index contributed by atoms with van der Waals surface area (Å²) in [5, 5.41) is 0. The molecule has 1 aliphatic rings. The van der Waals surface area contributed by atoms with Crippen LogP contribution in [0.2, 0.25) is 0 Å². The Balaban J connectivity index is 1.77. The molecule has 0 unspecified atom stereocenters. The fraction of sp³-hybridized carbons (Fsp3) is 0.312. The van der Waals surface area contributed by atoms with Crippen LogP contribution in [0.25, 0.3) is 0 Å². The molecule has 0 spiro atoms. The zero-order valence-corrected chi connectivity index (χ0v) is 13.3. The van der Waals surface area contributed by atoms with Gasteiger partial charge >= 0.3 is 6.18 Å². The molecule has 0 N–H and O–H groups in total. The number of carbonyl (C=O) groups excluding carboxylic acids is 1. The van der Waals surface area contributed by atoms with Crippen LogP contribution in [-0.4, -0.2) is 42.6 Å². The number of nitrogens with zero attached hydrogens (tertiary/aromatic N) is 4. The summed E-state index contributed by atoms with van der Waals surface area (Å²) in [6.45, 7) is 0.633. The number of amides is 1. The van der Waals surface area contributed by atoms with Gasteiger partial charge in [-0.05, 0) is 18.2 Å². The van der Waals surface area contributed by atoms with Crippen molar-refractivity contribution in [1.29, 1.82) is 0 Å². The summed E-state index contributed by atoms with van der Waals surface area (Å²) < 4.78 is 43.4. The van der Waals surface area contributed by atoms with Crippen molar-refractivity contribution in [1.82, 2.24) is 9.97 Å². The Bertz CT molecular complexity index is 782. The van der Waals surface area contributed by atoms with Crippen molar-refractivity contribution < 1.29 is 22.7 Å². The number of rotatable bonds is 3. The number of alkyl halides is 3. The minimum Gasteiger partial charge on any atom is -0.481 e. The van der Waals surface area contributed by atoms with E-state index >= 15 is 0 Å². The molecule has 0 aliphatic carbocycles. The lowest BCUT2D eigenvalue weighted by molar-refractivity contribution is -0.141. The lowest BCUT2D eigenvalue weighted by atomic mass is 10.2. The molecular weight excluding hydrogens is 337 g/mol. The van der Waals surface area contributed by atoms with E-state index < -0.39 is 11.9 Å². The molecular formula is C16H15F3N4O2. The second kappa shape index (κ2) is 6.58. The van der Waals surface area contributed by atoms with Crippen molar-refractivity contribution >= 4 is 17.4 Å². The number of pyridine rings is 2. The quantitative estimate of drug-likeness (QED) is 0.849. The second-order valence-corrected chi connectivity index (χ2v) is 5.40. The van der Waals surface area contributed by atoms with Crippen molar-refractivity contribution in [3.8, 4) is 5.88 Å². The lowest BCUT2D eigenvalue weighted by Gasteiger charge is -2.35. The normalized spacial score (nSPS) is 15.4. The monoisotopic (exact) mass is 352 g/mol. The number of hydrogen-bond donors (Lipinski definition) is 0. The number of carbonyl (C=O) groups is 1. The first kappa shape index (κ1) is 17.0. The molecule has 2 aromatic rings. The number of anilines is 2. The van der Waals surface area contributed by atoms with Gasteiger partial charge in [0, 0.05) is 25.4 Å². The fourth-order valence-electron chi connectivity index (χ4n) is 2.58. The van der Waals surface area contributed by atoms with Crippen molar-refractivity contribution in [2.45, 2.75) is 6.18 Å². The van der Waals surface area contributed by atoms with E-state index in [1.165, 1.54) is 30.3 Å². The van der Waals surface area contributed by atoms with E-state index in [4.69, 9.17) is 4.74 Å². The first-order chi connectivity index (χ1) is 11.9. The first-order valence-corrected chi connectivity index (χ1v) is 7.48. The molecule has 1 fully saturated rings. The predicted octanol–water partition coefficient (Wildman–Crippen LogP) is 2.36. The number of ether oxygens (including phenoxy) is 1. The minimum atomic E-state index is -4.52. The summed E-state index contributed by atoms with van der Waals surface area (Å²) in [4.78, 5) is 23.1. The van der Waals surface area contributed by atoms with Gasteiger partial charge in [0.05, 0.1) is 19.3 Å². The van der Waals surface area contributed by atoms with Gasteiger partial charge in [-0.25, -0.2) is 9.97 Å². The van der Waals surface area contributed by atoms with E-state index in [9.17, 15) is 18.0 Å². The van der Waals surface area contributed by atoms with Crippen LogP contribution in [0.5, 0.6) is 5.88 Å². The van der Waals surface area contributed by atoms with Gasteiger partial charge < -0.3 is 14.5 Å². The molecule has 6 nitrogen and oxygen atoms in total.